The molecule has 0 unspecified atom stereocenters. The molecule has 0 saturated carbocycles. The Bertz CT molecular complexity index is 800. The summed E-state index contributed by atoms with van der Waals surface area (Å²) in [6.07, 6.45) is 3.91. The van der Waals surface area contributed by atoms with Crippen LogP contribution >= 0.6 is 0 Å². The number of esters is 1. The maximum absolute atomic E-state index is 12.8. The van der Waals surface area contributed by atoms with E-state index >= 15 is 0 Å². The summed E-state index contributed by atoms with van der Waals surface area (Å²) in [6.45, 7) is 2.61. The number of nitro groups is 1. The number of methoxy groups -OCH3 is 1. The zero-order valence-corrected chi connectivity index (χ0v) is 15.2. The highest BCUT2D eigenvalue weighted by molar-refractivity contribution is 5.94. The number of unbranched alkanes of at least 4 members (excludes halogenated alkanes) is 2. The van der Waals surface area contributed by atoms with Crippen molar-refractivity contribution in [2.24, 2.45) is 0 Å². The molecule has 27 heavy (non-hydrogen) atoms. The summed E-state index contributed by atoms with van der Waals surface area (Å²) in [5.74, 6) is -0.704. The Morgan fingerprint density at radius 3 is 2.56 bits per heavy atom. The topological polar surface area (TPSA) is 116 Å². The third kappa shape index (κ3) is 5.37. The highest BCUT2D eigenvalue weighted by atomic mass is 16.6. The van der Waals surface area contributed by atoms with Gasteiger partial charge in [0.2, 0.25) is 5.89 Å². The zero-order chi connectivity index (χ0) is 19.8. The van der Waals surface area contributed by atoms with E-state index in [9.17, 15) is 19.7 Å². The Morgan fingerprint density at radius 1 is 1.26 bits per heavy atom. The monoisotopic (exact) mass is 375 g/mol. The van der Waals surface area contributed by atoms with Crippen LogP contribution < -0.4 is 0 Å². The number of carbonyl (C=O) groups excluding carboxylic acids is 2. The predicted molar refractivity (Wildman–Crippen MR) is 95.2 cm³/mol. The quantitative estimate of drug-likeness (QED) is 0.286. The molecule has 2 rings (SSSR count). The van der Waals surface area contributed by atoms with Crippen molar-refractivity contribution in [3.63, 3.8) is 0 Å². The van der Waals surface area contributed by atoms with Crippen LogP contribution in [0.25, 0.3) is 0 Å². The minimum absolute atomic E-state index is 0.0313. The Morgan fingerprint density at radius 2 is 1.96 bits per heavy atom. The number of hydrogen-bond donors (Lipinski definition) is 0. The Hall–Kier alpha value is -3.23. The van der Waals surface area contributed by atoms with E-state index in [1.807, 2.05) is 0 Å². The summed E-state index contributed by atoms with van der Waals surface area (Å²) in [6, 6.07) is 5.42. The number of carbonyl (C=O) groups is 2. The van der Waals surface area contributed by atoms with E-state index < -0.39 is 10.9 Å². The first-order valence-corrected chi connectivity index (χ1v) is 8.52. The molecule has 1 aromatic carbocycles. The molecule has 1 amide bonds. The molecule has 2 aromatic rings. The van der Waals surface area contributed by atoms with Crippen molar-refractivity contribution in [3.8, 4) is 0 Å². The van der Waals surface area contributed by atoms with Crippen molar-refractivity contribution in [2.45, 2.75) is 32.7 Å². The predicted octanol–water partition coefficient (Wildman–Crippen LogP) is 3.20. The van der Waals surface area contributed by atoms with Gasteiger partial charge in [-0.3, -0.25) is 14.9 Å². The number of aromatic nitrogens is 1. The number of nitro benzene ring substituents is 1. The van der Waals surface area contributed by atoms with Crippen LogP contribution in [0.4, 0.5) is 5.69 Å². The number of ether oxygens (including phenoxy) is 1. The SMILES string of the molecule is CCCCCN(Cc1nc(C(=O)OC)co1)C(=O)c1ccc([N+](=O)[O-])cc1. The first-order chi connectivity index (χ1) is 13.0. The highest BCUT2D eigenvalue weighted by Gasteiger charge is 2.20. The van der Waals surface area contributed by atoms with Crippen LogP contribution in [-0.4, -0.2) is 40.3 Å². The third-order valence-electron chi connectivity index (χ3n) is 3.92. The highest BCUT2D eigenvalue weighted by Crippen LogP contribution is 2.16. The molecule has 0 spiro atoms. The number of hydrogen-bond acceptors (Lipinski definition) is 7. The van der Waals surface area contributed by atoms with Gasteiger partial charge in [-0.1, -0.05) is 19.8 Å². The zero-order valence-electron chi connectivity index (χ0n) is 15.2. The van der Waals surface area contributed by atoms with E-state index in [-0.39, 0.29) is 29.7 Å². The molecule has 0 saturated heterocycles. The lowest BCUT2D eigenvalue weighted by atomic mass is 10.1. The van der Waals surface area contributed by atoms with E-state index in [0.29, 0.717) is 12.1 Å². The number of rotatable bonds is 9. The summed E-state index contributed by atoms with van der Waals surface area (Å²) in [4.78, 5) is 40.1. The fraction of sp³-hybridized carbons (Fsp3) is 0.389. The molecule has 0 radical (unpaired) electrons. The van der Waals surface area contributed by atoms with Gasteiger partial charge < -0.3 is 14.1 Å². The Kier molecular flexibility index (Phi) is 7.04. The molecule has 9 nitrogen and oxygen atoms in total. The fourth-order valence-corrected chi connectivity index (χ4v) is 2.46. The van der Waals surface area contributed by atoms with Crippen LogP contribution in [-0.2, 0) is 11.3 Å². The van der Waals surface area contributed by atoms with Crippen LogP contribution in [0.5, 0.6) is 0 Å². The maximum atomic E-state index is 12.8. The normalized spacial score (nSPS) is 10.4. The van der Waals surface area contributed by atoms with Crippen LogP contribution in [0.3, 0.4) is 0 Å². The van der Waals surface area contributed by atoms with Crippen molar-refractivity contribution in [3.05, 3.63) is 57.8 Å². The molecule has 9 heteroatoms. The Balaban J connectivity index is 2.17. The van der Waals surface area contributed by atoms with E-state index in [4.69, 9.17) is 4.42 Å². The van der Waals surface area contributed by atoms with Gasteiger partial charge in [-0.25, -0.2) is 9.78 Å². The van der Waals surface area contributed by atoms with Crippen molar-refractivity contribution in [1.29, 1.82) is 0 Å². The number of non-ortho nitro benzene ring substituents is 1. The van der Waals surface area contributed by atoms with Crippen molar-refractivity contribution >= 4 is 17.6 Å². The molecular formula is C18H21N3O6. The summed E-state index contributed by atoms with van der Waals surface area (Å²) >= 11 is 0. The molecule has 0 N–H and O–H groups in total. The number of benzene rings is 1. The van der Waals surface area contributed by atoms with Gasteiger partial charge in [0.1, 0.15) is 6.26 Å². The lowest BCUT2D eigenvalue weighted by Gasteiger charge is -2.21. The first-order valence-electron chi connectivity index (χ1n) is 8.52. The summed E-state index contributed by atoms with van der Waals surface area (Å²) < 4.78 is 9.85. The number of amides is 1. The third-order valence-corrected chi connectivity index (χ3v) is 3.92. The molecule has 0 aliphatic carbocycles. The maximum Gasteiger partial charge on any atom is 0.360 e. The van der Waals surface area contributed by atoms with Gasteiger partial charge in [0.15, 0.2) is 5.69 Å². The minimum Gasteiger partial charge on any atom is -0.464 e. The largest absolute Gasteiger partial charge is 0.464 e. The van der Waals surface area contributed by atoms with Gasteiger partial charge in [0.05, 0.1) is 18.6 Å². The van der Waals surface area contributed by atoms with Gasteiger partial charge in [-0.05, 0) is 18.6 Å². The summed E-state index contributed by atoms with van der Waals surface area (Å²) in [5.41, 5.74) is 0.278. The van der Waals surface area contributed by atoms with Gasteiger partial charge in [0.25, 0.3) is 11.6 Å². The molecule has 144 valence electrons. The van der Waals surface area contributed by atoms with Crippen LogP contribution in [0.2, 0.25) is 0 Å². The molecule has 1 heterocycles. The molecule has 1 aromatic heterocycles. The second-order valence-electron chi connectivity index (χ2n) is 5.86. The first kappa shape index (κ1) is 20.1. The second-order valence-corrected chi connectivity index (χ2v) is 5.86. The average molecular weight is 375 g/mol. The summed E-state index contributed by atoms with van der Waals surface area (Å²) in [5, 5.41) is 10.8. The number of oxazole rings is 1. The van der Waals surface area contributed by atoms with E-state index in [1.165, 1.54) is 37.6 Å². The van der Waals surface area contributed by atoms with Gasteiger partial charge in [-0.15, -0.1) is 0 Å². The van der Waals surface area contributed by atoms with E-state index in [1.54, 1.807) is 4.90 Å². The minimum atomic E-state index is -0.621. The van der Waals surface area contributed by atoms with Crippen molar-refractivity contribution in [2.75, 3.05) is 13.7 Å². The molecule has 0 bridgehead atoms. The van der Waals surface area contributed by atoms with Crippen LogP contribution in [0.1, 0.15) is 52.9 Å². The number of nitrogens with zero attached hydrogens (tertiary/aromatic N) is 3. The lowest BCUT2D eigenvalue weighted by Crippen LogP contribution is -2.31. The van der Waals surface area contributed by atoms with E-state index in [0.717, 1.165) is 19.3 Å². The van der Waals surface area contributed by atoms with Crippen molar-refractivity contribution < 1.29 is 23.7 Å². The fourth-order valence-electron chi connectivity index (χ4n) is 2.46. The Labute approximate surface area is 156 Å². The van der Waals surface area contributed by atoms with Crippen LogP contribution in [0, 0.1) is 10.1 Å². The second kappa shape index (κ2) is 9.46. The van der Waals surface area contributed by atoms with Crippen molar-refractivity contribution in [1.82, 2.24) is 9.88 Å². The van der Waals surface area contributed by atoms with Gasteiger partial charge >= 0.3 is 5.97 Å². The molecule has 0 aliphatic rings. The molecule has 0 aliphatic heterocycles. The standard InChI is InChI=1S/C18H21N3O6/c1-3-4-5-10-20(11-16-19-15(12-27-16)18(23)26-2)17(22)13-6-8-14(9-7-13)21(24)25/h6-9,12H,3-5,10-11H2,1-2H3. The smallest absolute Gasteiger partial charge is 0.360 e. The average Bonchev–Trinajstić information content (AvgIpc) is 3.15. The molecule has 0 atom stereocenters. The van der Waals surface area contributed by atoms with Crippen LogP contribution in [0.15, 0.2) is 34.9 Å². The van der Waals surface area contributed by atoms with E-state index in [2.05, 4.69) is 16.6 Å². The summed E-state index contributed by atoms with van der Waals surface area (Å²) in [7, 11) is 1.24. The molecular weight excluding hydrogens is 354 g/mol. The van der Waals surface area contributed by atoms with Gasteiger partial charge in [0, 0.05) is 24.2 Å². The molecule has 0 fully saturated rings. The van der Waals surface area contributed by atoms with Gasteiger partial charge in [-0.2, -0.15) is 0 Å². The lowest BCUT2D eigenvalue weighted by molar-refractivity contribution is -0.384.